The predicted molar refractivity (Wildman–Crippen MR) is 101 cm³/mol. The normalized spacial score (nSPS) is 23.5. The number of hydrogen-bond donors (Lipinski definition) is 2. The van der Waals surface area contributed by atoms with E-state index in [1.807, 2.05) is 0 Å². The average molecular weight is 348 g/mol. The second-order valence-electron chi connectivity index (χ2n) is 7.31. The Morgan fingerprint density at radius 2 is 1.88 bits per heavy atom. The van der Waals surface area contributed by atoms with Crippen molar-refractivity contribution < 1.29 is 9.53 Å². The first-order chi connectivity index (χ1) is 12.0. The Morgan fingerprint density at radius 1 is 1.20 bits per heavy atom. The highest BCUT2D eigenvalue weighted by Crippen LogP contribution is 2.23. The zero-order valence-corrected chi connectivity index (χ0v) is 16.0. The number of carbonyl (C=O) groups is 1. The molecule has 0 aromatic heterocycles. The van der Waals surface area contributed by atoms with Gasteiger partial charge in [0.25, 0.3) is 0 Å². The van der Waals surface area contributed by atoms with Crippen LogP contribution in [0.15, 0.2) is 24.3 Å². The molecule has 25 heavy (non-hydrogen) atoms. The van der Waals surface area contributed by atoms with Gasteiger partial charge in [0.05, 0.1) is 12.2 Å². The molecule has 140 valence electrons. The quantitative estimate of drug-likeness (QED) is 0.797. The Morgan fingerprint density at radius 3 is 2.56 bits per heavy atom. The minimum Gasteiger partial charge on any atom is -0.376 e. The standard InChI is InChI=1S/C20H33N3O2/c1-5-23(4)14-18-8-6-7-17(11-18)12-21-20(24)22-13-19-9-15(2)25-16(3)10-19/h6-8,11,15-16,19H,5,9-10,12-14H2,1-4H3,(H2,21,22,24)/t15-,16-/m0/s1. The summed E-state index contributed by atoms with van der Waals surface area (Å²) in [5, 5.41) is 5.97. The van der Waals surface area contributed by atoms with Crippen molar-refractivity contribution in [2.24, 2.45) is 5.92 Å². The third-order valence-electron chi connectivity index (χ3n) is 4.78. The minimum atomic E-state index is -0.0946. The van der Waals surface area contributed by atoms with Crippen molar-refractivity contribution in [3.8, 4) is 0 Å². The van der Waals surface area contributed by atoms with Gasteiger partial charge in [-0.3, -0.25) is 0 Å². The summed E-state index contributed by atoms with van der Waals surface area (Å²) in [7, 11) is 2.11. The molecule has 1 saturated heterocycles. The Labute approximate surface area is 152 Å². The van der Waals surface area contributed by atoms with Gasteiger partial charge in [0, 0.05) is 19.6 Å². The Hall–Kier alpha value is -1.59. The first-order valence-electron chi connectivity index (χ1n) is 9.39. The van der Waals surface area contributed by atoms with E-state index in [1.165, 1.54) is 5.56 Å². The highest BCUT2D eigenvalue weighted by atomic mass is 16.5. The van der Waals surface area contributed by atoms with E-state index in [0.717, 1.165) is 31.5 Å². The number of nitrogens with zero attached hydrogens (tertiary/aromatic N) is 1. The fraction of sp³-hybridized carbons (Fsp3) is 0.650. The lowest BCUT2D eigenvalue weighted by Gasteiger charge is -2.32. The SMILES string of the molecule is CCN(C)Cc1cccc(CNC(=O)NCC2C[C@H](C)O[C@@H](C)C2)c1. The first kappa shape index (κ1) is 19.7. The molecular weight excluding hydrogens is 314 g/mol. The van der Waals surface area contributed by atoms with Gasteiger partial charge in [-0.2, -0.15) is 0 Å². The lowest BCUT2D eigenvalue weighted by molar-refractivity contribution is -0.0511. The molecule has 2 rings (SSSR count). The maximum absolute atomic E-state index is 12.1. The zero-order valence-electron chi connectivity index (χ0n) is 16.0. The number of nitrogens with one attached hydrogen (secondary N) is 2. The Bertz CT molecular complexity index is 539. The third kappa shape index (κ3) is 7.04. The van der Waals surface area contributed by atoms with Crippen LogP contribution in [0.4, 0.5) is 4.79 Å². The molecule has 2 amide bonds. The number of urea groups is 1. The molecule has 5 heteroatoms. The summed E-state index contributed by atoms with van der Waals surface area (Å²) in [6, 6.07) is 8.30. The minimum absolute atomic E-state index is 0.0946. The molecule has 2 atom stereocenters. The van der Waals surface area contributed by atoms with Gasteiger partial charge in [-0.25, -0.2) is 4.79 Å². The van der Waals surface area contributed by atoms with Crippen LogP contribution >= 0.6 is 0 Å². The summed E-state index contributed by atoms with van der Waals surface area (Å²) >= 11 is 0. The molecule has 0 aliphatic carbocycles. The van der Waals surface area contributed by atoms with Gasteiger partial charge in [0.1, 0.15) is 0 Å². The molecule has 1 aromatic carbocycles. The lowest BCUT2D eigenvalue weighted by Crippen LogP contribution is -2.41. The molecule has 0 bridgehead atoms. The van der Waals surface area contributed by atoms with Crippen molar-refractivity contribution in [2.75, 3.05) is 20.1 Å². The summed E-state index contributed by atoms with van der Waals surface area (Å²) in [6.07, 6.45) is 2.58. The van der Waals surface area contributed by atoms with Gasteiger partial charge in [-0.1, -0.05) is 31.2 Å². The van der Waals surface area contributed by atoms with Gasteiger partial charge < -0.3 is 20.3 Å². The molecule has 1 aliphatic rings. The van der Waals surface area contributed by atoms with E-state index in [4.69, 9.17) is 4.74 Å². The van der Waals surface area contributed by atoms with Crippen molar-refractivity contribution in [1.29, 1.82) is 0 Å². The first-order valence-corrected chi connectivity index (χ1v) is 9.39. The third-order valence-corrected chi connectivity index (χ3v) is 4.78. The van der Waals surface area contributed by atoms with E-state index < -0.39 is 0 Å². The molecule has 0 unspecified atom stereocenters. The molecular formula is C20H33N3O2. The largest absolute Gasteiger partial charge is 0.376 e. The fourth-order valence-corrected chi connectivity index (χ4v) is 3.45. The summed E-state index contributed by atoms with van der Waals surface area (Å²) < 4.78 is 5.74. The zero-order chi connectivity index (χ0) is 18.2. The van der Waals surface area contributed by atoms with Crippen molar-refractivity contribution in [1.82, 2.24) is 15.5 Å². The summed E-state index contributed by atoms with van der Waals surface area (Å²) in [5.74, 6) is 0.498. The second kappa shape index (κ2) is 9.78. The van der Waals surface area contributed by atoms with Crippen LogP contribution in [0, 0.1) is 5.92 Å². The van der Waals surface area contributed by atoms with E-state index in [9.17, 15) is 4.79 Å². The van der Waals surface area contributed by atoms with Crippen molar-refractivity contribution >= 4 is 6.03 Å². The average Bonchev–Trinajstić information content (AvgIpc) is 2.57. The van der Waals surface area contributed by atoms with Gasteiger partial charge >= 0.3 is 6.03 Å². The number of hydrogen-bond acceptors (Lipinski definition) is 3. The van der Waals surface area contributed by atoms with E-state index in [1.54, 1.807) is 0 Å². The fourth-order valence-electron chi connectivity index (χ4n) is 3.45. The van der Waals surface area contributed by atoms with Crippen LogP contribution in [0.5, 0.6) is 0 Å². The van der Waals surface area contributed by atoms with Crippen LogP contribution in [-0.4, -0.2) is 43.3 Å². The lowest BCUT2D eigenvalue weighted by atomic mass is 9.92. The van der Waals surface area contributed by atoms with Crippen LogP contribution in [-0.2, 0) is 17.8 Å². The second-order valence-corrected chi connectivity index (χ2v) is 7.31. The van der Waals surface area contributed by atoms with E-state index >= 15 is 0 Å². The van der Waals surface area contributed by atoms with E-state index in [0.29, 0.717) is 19.0 Å². The number of rotatable bonds is 7. The van der Waals surface area contributed by atoms with Crippen LogP contribution < -0.4 is 10.6 Å². The van der Waals surface area contributed by atoms with Crippen LogP contribution in [0.25, 0.3) is 0 Å². The van der Waals surface area contributed by atoms with Crippen LogP contribution in [0.1, 0.15) is 44.7 Å². The number of benzene rings is 1. The summed E-state index contributed by atoms with van der Waals surface area (Å²) in [4.78, 5) is 14.3. The van der Waals surface area contributed by atoms with Gasteiger partial charge in [0.15, 0.2) is 0 Å². The van der Waals surface area contributed by atoms with Crippen molar-refractivity contribution in [3.63, 3.8) is 0 Å². The highest BCUT2D eigenvalue weighted by Gasteiger charge is 2.24. The predicted octanol–water partition coefficient (Wildman–Crippen LogP) is 3.14. The molecule has 1 aromatic rings. The highest BCUT2D eigenvalue weighted by molar-refractivity contribution is 5.73. The molecule has 2 N–H and O–H groups in total. The molecule has 0 saturated carbocycles. The van der Waals surface area contributed by atoms with Gasteiger partial charge in [-0.05, 0) is 57.3 Å². The number of carbonyl (C=O) groups excluding carboxylic acids is 1. The molecule has 5 nitrogen and oxygen atoms in total. The number of ether oxygens (including phenoxy) is 1. The molecule has 1 fully saturated rings. The maximum Gasteiger partial charge on any atom is 0.315 e. The van der Waals surface area contributed by atoms with Crippen LogP contribution in [0.2, 0.25) is 0 Å². The Kier molecular flexibility index (Phi) is 7.72. The van der Waals surface area contributed by atoms with E-state index in [2.05, 4.69) is 67.6 Å². The molecule has 0 radical (unpaired) electrons. The van der Waals surface area contributed by atoms with Crippen LogP contribution in [0.3, 0.4) is 0 Å². The summed E-state index contributed by atoms with van der Waals surface area (Å²) in [6.45, 7) is 9.57. The van der Waals surface area contributed by atoms with Gasteiger partial charge in [-0.15, -0.1) is 0 Å². The smallest absolute Gasteiger partial charge is 0.315 e. The molecule has 0 spiro atoms. The molecule has 1 aliphatic heterocycles. The van der Waals surface area contributed by atoms with Crippen molar-refractivity contribution in [2.45, 2.75) is 58.9 Å². The molecule has 1 heterocycles. The topological polar surface area (TPSA) is 53.6 Å². The number of amides is 2. The maximum atomic E-state index is 12.1. The van der Waals surface area contributed by atoms with Crippen molar-refractivity contribution in [3.05, 3.63) is 35.4 Å². The Balaban J connectivity index is 1.73. The van der Waals surface area contributed by atoms with Gasteiger partial charge in [0.2, 0.25) is 0 Å². The van der Waals surface area contributed by atoms with E-state index in [-0.39, 0.29) is 18.2 Å². The summed E-state index contributed by atoms with van der Waals surface area (Å²) in [5.41, 5.74) is 2.40. The monoisotopic (exact) mass is 347 g/mol.